The number of likely N-dealkylation sites (tertiary alicyclic amines) is 1. The highest BCUT2D eigenvalue weighted by atomic mass is 32.1. The maximum atomic E-state index is 12.7. The molecule has 168 valence electrons. The van der Waals surface area contributed by atoms with Crippen molar-refractivity contribution < 1.29 is 27.5 Å². The average Bonchev–Trinajstić information content (AvgIpc) is 3.19. The van der Waals surface area contributed by atoms with E-state index < -0.39 is 17.2 Å². The number of nitrogens with zero attached hydrogens (tertiary/aromatic N) is 2. The fourth-order valence-electron chi connectivity index (χ4n) is 3.36. The Balaban J connectivity index is 1.51. The summed E-state index contributed by atoms with van der Waals surface area (Å²) in [5.41, 5.74) is -0.0276. The topological polar surface area (TPSA) is 59.5 Å². The number of esters is 1. The van der Waals surface area contributed by atoms with Crippen LogP contribution in [0, 0.1) is 11.3 Å². The molecule has 0 aliphatic carbocycles. The van der Waals surface area contributed by atoms with Crippen LogP contribution in [0.15, 0.2) is 29.6 Å². The van der Waals surface area contributed by atoms with Gasteiger partial charge in [0.1, 0.15) is 11.6 Å². The molecule has 2 heterocycles. The predicted octanol–water partition coefficient (Wildman–Crippen LogP) is 5.16. The first-order valence-corrected chi connectivity index (χ1v) is 10.9. The lowest BCUT2D eigenvalue weighted by Crippen LogP contribution is -2.45. The minimum Gasteiger partial charge on any atom is -0.459 e. The van der Waals surface area contributed by atoms with Gasteiger partial charge in [-0.05, 0) is 25.0 Å². The number of halogens is 3. The van der Waals surface area contributed by atoms with Gasteiger partial charge in [0.2, 0.25) is 5.91 Å². The molecule has 1 saturated heterocycles. The normalized spacial score (nSPS) is 15.7. The summed E-state index contributed by atoms with van der Waals surface area (Å²) in [6.07, 6.45) is -3.25. The van der Waals surface area contributed by atoms with Crippen molar-refractivity contribution in [3.63, 3.8) is 0 Å². The van der Waals surface area contributed by atoms with Gasteiger partial charge in [-0.2, -0.15) is 13.2 Å². The Kier molecular flexibility index (Phi) is 6.73. The van der Waals surface area contributed by atoms with E-state index in [1.807, 2.05) is 20.8 Å². The summed E-state index contributed by atoms with van der Waals surface area (Å²) in [6.45, 7) is 6.71. The zero-order valence-corrected chi connectivity index (χ0v) is 18.5. The fourth-order valence-corrected chi connectivity index (χ4v) is 4.17. The first-order chi connectivity index (χ1) is 14.4. The van der Waals surface area contributed by atoms with Gasteiger partial charge in [0.15, 0.2) is 0 Å². The van der Waals surface area contributed by atoms with E-state index in [-0.39, 0.29) is 24.4 Å². The van der Waals surface area contributed by atoms with E-state index in [1.165, 1.54) is 23.5 Å². The van der Waals surface area contributed by atoms with E-state index in [2.05, 4.69) is 4.98 Å². The van der Waals surface area contributed by atoms with Crippen molar-refractivity contribution in [2.45, 2.75) is 46.4 Å². The van der Waals surface area contributed by atoms with Gasteiger partial charge >= 0.3 is 12.1 Å². The molecule has 5 nitrogen and oxygen atoms in total. The molecule has 0 bridgehead atoms. The standard InChI is InChI=1S/C22H25F3N2O3S/c1-21(2,3)20(29)27-10-8-15(9-11-27)19(28)30-12-17-13-31-18(26-17)14-4-6-16(7-5-14)22(23,24)25/h4-7,13,15H,8-12H2,1-3H3. The third-order valence-electron chi connectivity index (χ3n) is 5.13. The van der Waals surface area contributed by atoms with Gasteiger partial charge in [0.25, 0.3) is 0 Å². The molecule has 0 saturated carbocycles. The number of thiazole rings is 1. The van der Waals surface area contributed by atoms with Crippen LogP contribution in [0.3, 0.4) is 0 Å². The number of carbonyl (C=O) groups excluding carboxylic acids is 2. The second-order valence-electron chi connectivity index (χ2n) is 8.64. The zero-order chi connectivity index (χ0) is 22.8. The van der Waals surface area contributed by atoms with E-state index in [0.717, 1.165) is 12.1 Å². The molecule has 0 N–H and O–H groups in total. The second-order valence-corrected chi connectivity index (χ2v) is 9.50. The molecular weight excluding hydrogens is 429 g/mol. The molecule has 0 atom stereocenters. The van der Waals surface area contributed by atoms with E-state index in [4.69, 9.17) is 4.74 Å². The number of amides is 1. The van der Waals surface area contributed by atoms with E-state index in [1.54, 1.807) is 10.3 Å². The van der Waals surface area contributed by atoms with Crippen molar-refractivity contribution in [1.29, 1.82) is 0 Å². The maximum absolute atomic E-state index is 12.7. The summed E-state index contributed by atoms with van der Waals surface area (Å²) in [5.74, 6) is -0.485. The smallest absolute Gasteiger partial charge is 0.416 e. The fraction of sp³-hybridized carbons (Fsp3) is 0.500. The van der Waals surface area contributed by atoms with Crippen LogP contribution in [0.25, 0.3) is 10.6 Å². The van der Waals surface area contributed by atoms with Crippen LogP contribution in [0.2, 0.25) is 0 Å². The third kappa shape index (κ3) is 5.84. The van der Waals surface area contributed by atoms with Crippen LogP contribution in [-0.4, -0.2) is 34.8 Å². The van der Waals surface area contributed by atoms with Crippen LogP contribution in [0.5, 0.6) is 0 Å². The molecule has 9 heteroatoms. The molecule has 1 aliphatic heterocycles. The molecule has 2 aromatic rings. The highest BCUT2D eigenvalue weighted by Gasteiger charge is 2.33. The van der Waals surface area contributed by atoms with Gasteiger partial charge < -0.3 is 9.64 Å². The van der Waals surface area contributed by atoms with Crippen molar-refractivity contribution in [2.24, 2.45) is 11.3 Å². The molecule has 0 radical (unpaired) electrons. The van der Waals surface area contributed by atoms with E-state index >= 15 is 0 Å². The summed E-state index contributed by atoms with van der Waals surface area (Å²) in [5, 5.41) is 2.29. The number of hydrogen-bond acceptors (Lipinski definition) is 5. The van der Waals surface area contributed by atoms with Gasteiger partial charge in [0, 0.05) is 29.4 Å². The summed E-state index contributed by atoms with van der Waals surface area (Å²) >= 11 is 1.28. The van der Waals surface area contributed by atoms with Crippen molar-refractivity contribution in [3.8, 4) is 10.6 Å². The summed E-state index contributed by atoms with van der Waals surface area (Å²) in [4.78, 5) is 30.9. The maximum Gasteiger partial charge on any atom is 0.416 e. The molecule has 1 aliphatic rings. The predicted molar refractivity (Wildman–Crippen MR) is 111 cm³/mol. The minimum absolute atomic E-state index is 0.0110. The lowest BCUT2D eigenvalue weighted by atomic mass is 9.91. The second kappa shape index (κ2) is 8.98. The van der Waals surface area contributed by atoms with Crippen LogP contribution < -0.4 is 0 Å². The summed E-state index contributed by atoms with van der Waals surface area (Å²) in [7, 11) is 0. The lowest BCUT2D eigenvalue weighted by Gasteiger charge is -2.34. The Labute approximate surface area is 183 Å². The number of rotatable bonds is 4. The Hall–Kier alpha value is -2.42. The van der Waals surface area contributed by atoms with Crippen LogP contribution in [-0.2, 0) is 27.1 Å². The molecule has 0 unspecified atom stereocenters. The highest BCUT2D eigenvalue weighted by molar-refractivity contribution is 7.13. The molecule has 1 aromatic heterocycles. The minimum atomic E-state index is -4.38. The number of benzene rings is 1. The van der Waals surface area contributed by atoms with E-state index in [9.17, 15) is 22.8 Å². The van der Waals surface area contributed by atoms with Crippen LogP contribution in [0.1, 0.15) is 44.9 Å². The van der Waals surface area contributed by atoms with Gasteiger partial charge in [-0.3, -0.25) is 9.59 Å². The molecule has 0 spiro atoms. The molecule has 3 rings (SSSR count). The molecule has 1 fully saturated rings. The molecule has 31 heavy (non-hydrogen) atoms. The number of hydrogen-bond donors (Lipinski definition) is 0. The van der Waals surface area contributed by atoms with Crippen molar-refractivity contribution in [3.05, 3.63) is 40.9 Å². The number of carbonyl (C=O) groups is 2. The average molecular weight is 455 g/mol. The van der Waals surface area contributed by atoms with Crippen molar-refractivity contribution in [2.75, 3.05) is 13.1 Å². The largest absolute Gasteiger partial charge is 0.459 e. The zero-order valence-electron chi connectivity index (χ0n) is 17.7. The summed E-state index contributed by atoms with van der Waals surface area (Å²) < 4.78 is 43.5. The molecular formula is C22H25F3N2O3S. The first-order valence-electron chi connectivity index (χ1n) is 10.0. The van der Waals surface area contributed by atoms with Gasteiger partial charge in [-0.1, -0.05) is 32.9 Å². The Bertz CT molecular complexity index is 925. The SMILES string of the molecule is CC(C)(C)C(=O)N1CCC(C(=O)OCc2csc(-c3ccc(C(F)(F)F)cc3)n2)CC1. The van der Waals surface area contributed by atoms with Gasteiger partial charge in [0.05, 0.1) is 17.2 Å². The third-order valence-corrected chi connectivity index (χ3v) is 6.07. The molecule has 1 amide bonds. The monoisotopic (exact) mass is 454 g/mol. The Morgan fingerprint density at radius 3 is 2.29 bits per heavy atom. The van der Waals surface area contributed by atoms with E-state index in [0.29, 0.717) is 42.2 Å². The Morgan fingerprint density at radius 1 is 1.13 bits per heavy atom. The lowest BCUT2D eigenvalue weighted by molar-refractivity contribution is -0.154. The van der Waals surface area contributed by atoms with Crippen LogP contribution in [0.4, 0.5) is 13.2 Å². The number of ether oxygens (including phenoxy) is 1. The van der Waals surface area contributed by atoms with Crippen molar-refractivity contribution in [1.82, 2.24) is 9.88 Å². The number of piperidine rings is 1. The highest BCUT2D eigenvalue weighted by Crippen LogP contribution is 2.32. The Morgan fingerprint density at radius 2 is 1.74 bits per heavy atom. The first kappa shape index (κ1) is 23.2. The number of aromatic nitrogens is 1. The van der Waals surface area contributed by atoms with Crippen LogP contribution >= 0.6 is 11.3 Å². The summed E-state index contributed by atoms with van der Waals surface area (Å²) in [6, 6.07) is 4.80. The molecule has 1 aromatic carbocycles. The van der Waals surface area contributed by atoms with Crippen molar-refractivity contribution >= 4 is 23.2 Å². The number of alkyl halides is 3. The quantitative estimate of drug-likeness (QED) is 0.599. The van der Waals surface area contributed by atoms with Gasteiger partial charge in [-0.15, -0.1) is 11.3 Å². The van der Waals surface area contributed by atoms with Gasteiger partial charge in [-0.25, -0.2) is 4.98 Å².